The Kier molecular flexibility index (Phi) is 9.40. The number of nitrogen functional groups attached to an aromatic ring is 1. The number of rotatable bonds is 11. The van der Waals surface area contributed by atoms with E-state index in [0.717, 1.165) is 42.1 Å². The quantitative estimate of drug-likeness (QED) is 0.0584. The van der Waals surface area contributed by atoms with Crippen LogP contribution in [0.3, 0.4) is 0 Å². The van der Waals surface area contributed by atoms with Crippen LogP contribution in [0.1, 0.15) is 61.5 Å². The van der Waals surface area contributed by atoms with E-state index in [1.807, 2.05) is 0 Å². The predicted octanol–water partition coefficient (Wildman–Crippen LogP) is 0.00420. The molecule has 1 aromatic carbocycles. The summed E-state index contributed by atoms with van der Waals surface area (Å²) in [6, 6.07) is 0.845. The van der Waals surface area contributed by atoms with E-state index in [-0.39, 0.29) is 40.5 Å². The van der Waals surface area contributed by atoms with Crippen molar-refractivity contribution in [3.05, 3.63) is 40.7 Å². The van der Waals surface area contributed by atoms with Gasteiger partial charge in [0, 0.05) is 47.5 Å². The molecule has 4 aliphatic heterocycles. The van der Waals surface area contributed by atoms with Crippen LogP contribution in [0.5, 0.6) is 11.5 Å². The number of aromatic hydroxyl groups is 2. The van der Waals surface area contributed by atoms with Crippen molar-refractivity contribution >= 4 is 63.5 Å². The minimum atomic E-state index is -1.79. The van der Waals surface area contributed by atoms with Gasteiger partial charge < -0.3 is 36.5 Å². The monoisotopic (exact) mass is 772 g/mol. The molecule has 4 aliphatic rings. The molecule has 1 unspecified atom stereocenters. The summed E-state index contributed by atoms with van der Waals surface area (Å²) in [4.78, 5) is 64.8. The number of phenols is 2. The van der Waals surface area contributed by atoms with Crippen LogP contribution in [0.15, 0.2) is 22.9 Å². The molecular formula is C30H33FN12O8S2. The maximum atomic E-state index is 14.0. The molecule has 3 aromatic rings. The number of β-lactam (4-membered cyclic amide) rings is 1. The number of carbonyl (C=O) groups excluding carboxylic acids is 3. The Morgan fingerprint density at radius 3 is 2.55 bits per heavy atom. The third-order valence-electron chi connectivity index (χ3n) is 9.54. The number of aromatic nitrogens is 6. The van der Waals surface area contributed by atoms with Crippen molar-refractivity contribution in [2.24, 2.45) is 5.16 Å². The zero-order valence-electron chi connectivity index (χ0n) is 28.0. The number of aliphatic carboxylic acids is 1. The van der Waals surface area contributed by atoms with E-state index in [4.69, 9.17) is 10.6 Å². The summed E-state index contributed by atoms with van der Waals surface area (Å²) in [7, 11) is 0. The number of anilines is 1. The van der Waals surface area contributed by atoms with Crippen LogP contribution in [0, 0.1) is 5.82 Å². The largest absolute Gasteiger partial charge is 0.504 e. The first-order valence-corrected chi connectivity index (χ1v) is 18.1. The van der Waals surface area contributed by atoms with Gasteiger partial charge in [-0.3, -0.25) is 24.2 Å². The van der Waals surface area contributed by atoms with Crippen molar-refractivity contribution in [3.8, 4) is 11.5 Å². The second-order valence-electron chi connectivity index (χ2n) is 13.4. The lowest BCUT2D eigenvalue weighted by atomic mass is 9.95. The second-order valence-corrected chi connectivity index (χ2v) is 15.3. The summed E-state index contributed by atoms with van der Waals surface area (Å²) in [6.45, 7) is 2.96. The van der Waals surface area contributed by atoms with Crippen molar-refractivity contribution in [1.82, 2.24) is 50.4 Å². The molecule has 0 radical (unpaired) electrons. The van der Waals surface area contributed by atoms with Gasteiger partial charge in [0.15, 0.2) is 22.4 Å². The van der Waals surface area contributed by atoms with Gasteiger partial charge in [-0.1, -0.05) is 5.16 Å². The summed E-state index contributed by atoms with van der Waals surface area (Å²) in [5.41, 5.74) is 4.69. The van der Waals surface area contributed by atoms with Crippen LogP contribution >= 0.6 is 23.3 Å². The summed E-state index contributed by atoms with van der Waals surface area (Å²) in [5, 5.41) is 52.0. The Balaban J connectivity index is 1.06. The zero-order valence-corrected chi connectivity index (χ0v) is 29.6. The molecule has 5 atom stereocenters. The van der Waals surface area contributed by atoms with Crippen molar-refractivity contribution in [2.45, 2.75) is 74.7 Å². The Bertz CT molecular complexity index is 2000. The number of hydrogen-bond acceptors (Lipinski definition) is 17. The van der Waals surface area contributed by atoms with Crippen LogP contribution in [0.25, 0.3) is 5.70 Å². The lowest BCUT2D eigenvalue weighted by Crippen LogP contribution is -2.70. The van der Waals surface area contributed by atoms with Gasteiger partial charge in [-0.05, 0) is 62.4 Å². The summed E-state index contributed by atoms with van der Waals surface area (Å²) >= 11 is 2.22. The highest BCUT2D eigenvalue weighted by Crippen LogP contribution is 2.45. The minimum absolute atomic E-state index is 0.0310. The third-order valence-corrected chi connectivity index (χ3v) is 11.4. The van der Waals surface area contributed by atoms with Gasteiger partial charge >= 0.3 is 5.97 Å². The van der Waals surface area contributed by atoms with Gasteiger partial charge in [-0.25, -0.2) is 9.18 Å². The van der Waals surface area contributed by atoms with E-state index in [0.29, 0.717) is 30.8 Å². The smallest absolute Gasteiger partial charge is 0.350 e. The molecule has 2 aromatic heterocycles. The summed E-state index contributed by atoms with van der Waals surface area (Å²) in [6.07, 6.45) is 2.98. The highest BCUT2D eigenvalue weighted by atomic mass is 32.2. The normalized spacial score (nSPS) is 24.4. The van der Waals surface area contributed by atoms with Gasteiger partial charge in [-0.2, -0.15) is 14.6 Å². The van der Waals surface area contributed by atoms with Gasteiger partial charge in [0.05, 0.1) is 5.70 Å². The number of benzene rings is 1. The summed E-state index contributed by atoms with van der Waals surface area (Å²) in [5.74, 6) is -5.50. The number of fused-ring (bicyclic) bond motifs is 3. The number of H-pyrrole nitrogens is 1. The molecular weight excluding hydrogens is 740 g/mol. The van der Waals surface area contributed by atoms with Crippen LogP contribution in [-0.2, 0) is 19.2 Å². The Morgan fingerprint density at radius 2 is 1.92 bits per heavy atom. The maximum Gasteiger partial charge on any atom is 0.350 e. The van der Waals surface area contributed by atoms with Crippen LogP contribution in [0.2, 0.25) is 0 Å². The zero-order chi connectivity index (χ0) is 37.8. The van der Waals surface area contributed by atoms with Crippen molar-refractivity contribution in [3.63, 3.8) is 0 Å². The van der Waals surface area contributed by atoms with Gasteiger partial charge in [0.1, 0.15) is 11.4 Å². The van der Waals surface area contributed by atoms with E-state index < -0.39 is 63.7 Å². The van der Waals surface area contributed by atoms with Crippen molar-refractivity contribution in [1.29, 1.82) is 0 Å². The number of thioether (sulfide) groups is 1. The maximum absolute atomic E-state index is 14.0. The molecule has 0 saturated carbocycles. The fourth-order valence-electron chi connectivity index (χ4n) is 6.86. The van der Waals surface area contributed by atoms with Gasteiger partial charge in [0.25, 0.3) is 17.7 Å². The van der Waals surface area contributed by atoms with E-state index in [1.54, 1.807) is 0 Å². The number of piperidine rings is 1. The number of amides is 3. The number of hydrogen-bond donors (Lipinski definition) is 7. The number of nitrogens with zero attached hydrogens (tertiary/aromatic N) is 8. The highest BCUT2D eigenvalue weighted by Gasteiger charge is 2.54. The van der Waals surface area contributed by atoms with Crippen LogP contribution in [0.4, 0.5) is 9.52 Å². The Hall–Kier alpha value is -5.42. The Morgan fingerprint density at radius 1 is 1.19 bits per heavy atom. The van der Waals surface area contributed by atoms with Crippen LogP contribution < -0.4 is 16.4 Å². The van der Waals surface area contributed by atoms with Crippen molar-refractivity contribution < 1.29 is 43.7 Å². The topological polar surface area (TPSA) is 287 Å². The average molecular weight is 773 g/mol. The lowest BCUT2D eigenvalue weighted by molar-refractivity contribution is -0.161. The van der Waals surface area contributed by atoms with Crippen molar-refractivity contribution in [2.75, 3.05) is 18.0 Å². The van der Waals surface area contributed by atoms with E-state index in [2.05, 4.69) is 50.7 Å². The van der Waals surface area contributed by atoms with Gasteiger partial charge in [-0.15, -0.1) is 22.0 Å². The lowest BCUT2D eigenvalue weighted by Gasteiger charge is -2.50. The number of tetrazole rings is 1. The first kappa shape index (κ1) is 36.0. The molecule has 0 spiro atoms. The fraction of sp³-hybridized carbons (Fsp3) is 0.467. The molecule has 280 valence electrons. The number of halogens is 1. The Labute approximate surface area is 307 Å². The minimum Gasteiger partial charge on any atom is -0.504 e. The number of carboxylic acid groups (broad SMARTS) is 1. The molecule has 53 heavy (non-hydrogen) atoms. The molecule has 8 N–H and O–H groups in total. The molecule has 20 nitrogen and oxygen atoms in total. The highest BCUT2D eigenvalue weighted by molar-refractivity contribution is 8.00. The SMILES string of the molecule is CC(C)(O/N=C(\C(=O)N[C@@H]1C(=O)N2C(c3nn[nH]n3)=C(CN3[C@@H]4CC[C@H]3CC(NC(=O)c3cc(O)c(O)c(F)c3)C4)CS[C@H]12)c1nsc(N)n1)C(=O)O. The molecule has 3 fully saturated rings. The molecule has 3 saturated heterocycles. The first-order valence-electron chi connectivity index (χ1n) is 16.3. The number of nitrogens with one attached hydrogen (secondary N) is 3. The molecule has 0 aliphatic carbocycles. The van der Waals surface area contributed by atoms with Gasteiger partial charge in [0.2, 0.25) is 23.0 Å². The fourth-order valence-corrected chi connectivity index (χ4v) is 8.63. The second kappa shape index (κ2) is 13.9. The average Bonchev–Trinajstić information content (AvgIpc) is 3.85. The molecule has 2 bridgehead atoms. The van der Waals surface area contributed by atoms with E-state index in [1.165, 1.54) is 30.5 Å². The van der Waals surface area contributed by atoms with E-state index >= 15 is 0 Å². The first-order chi connectivity index (χ1) is 25.2. The number of carboxylic acids is 1. The molecule has 23 heteroatoms. The number of carbonyl (C=O) groups is 4. The summed E-state index contributed by atoms with van der Waals surface area (Å²) < 4.78 is 18.0. The number of phenolic OH excluding ortho intramolecular Hbond substituents is 2. The molecule has 7 rings (SSSR count). The predicted molar refractivity (Wildman–Crippen MR) is 184 cm³/mol. The number of nitrogens with two attached hydrogens (primary N) is 1. The third kappa shape index (κ3) is 6.81. The van der Waals surface area contributed by atoms with Crippen LogP contribution in [-0.4, -0.2) is 132 Å². The standard InChI is InChI=1S/C30H33FN12O8S2/c1-30(2,28(49)50)51-38-18(22-35-29(32)53-39-22)25(47)34-19-26(48)43-20(23-36-40-41-37-23)12(10-52-27(19)43)9-42-14-3-4-15(42)8-13(7-14)33-24(46)11-5-16(31)21(45)17(44)6-11/h5-6,13-15,19,27,44-45H,3-4,7-10H2,1-2H3,(H,33,46)(H,34,47)(H,49,50)(H2,32,35,39)(H,36,37,40,41)/b38-18-/t13?,14-,15+,19-,27-/m1/s1. The molecule has 6 heterocycles. The molecule has 3 amide bonds. The number of oxime groups is 1. The van der Waals surface area contributed by atoms with E-state index in [9.17, 15) is 38.9 Å². The number of aromatic amines is 1.